The molecular weight excluding hydrogens is 284 g/mol. The lowest BCUT2D eigenvalue weighted by atomic mass is 9.74. The highest BCUT2D eigenvalue weighted by atomic mass is 28.3. The van der Waals surface area contributed by atoms with Gasteiger partial charge in [0.15, 0.2) is 0 Å². The van der Waals surface area contributed by atoms with Crippen LogP contribution in [0.25, 0.3) is 0 Å². The third-order valence-electron chi connectivity index (χ3n) is 6.74. The molecule has 3 rings (SSSR count). The van der Waals surface area contributed by atoms with Gasteiger partial charge in [-0.2, -0.15) is 0 Å². The fourth-order valence-corrected chi connectivity index (χ4v) is 14.0. The Morgan fingerprint density at radius 1 is 1.05 bits per heavy atom. The summed E-state index contributed by atoms with van der Waals surface area (Å²) in [5.41, 5.74) is 6.88. The molecule has 2 heteroatoms. The second kappa shape index (κ2) is 5.70. The van der Waals surface area contributed by atoms with Crippen molar-refractivity contribution < 1.29 is 4.74 Å². The first-order valence-corrected chi connectivity index (χ1v) is 11.4. The highest BCUT2D eigenvalue weighted by Crippen LogP contribution is 2.62. The van der Waals surface area contributed by atoms with E-state index in [9.17, 15) is 0 Å². The lowest BCUT2D eigenvalue weighted by Crippen LogP contribution is -2.54. The van der Waals surface area contributed by atoms with Crippen molar-refractivity contribution in [3.63, 3.8) is 0 Å². The van der Waals surface area contributed by atoms with Gasteiger partial charge < -0.3 is 4.74 Å². The predicted octanol–water partition coefficient (Wildman–Crippen LogP) is 6.23. The monoisotopic (exact) mass is 316 g/mol. The van der Waals surface area contributed by atoms with Crippen molar-refractivity contribution in [3.8, 4) is 0 Å². The van der Waals surface area contributed by atoms with Crippen LogP contribution < -0.4 is 0 Å². The molecule has 0 N–H and O–H groups in total. The first-order valence-electron chi connectivity index (χ1n) is 9.11. The van der Waals surface area contributed by atoms with Gasteiger partial charge in [0.25, 0.3) is 0 Å². The quantitative estimate of drug-likeness (QED) is 0.441. The second-order valence-electron chi connectivity index (χ2n) is 8.35. The molecule has 1 aliphatic heterocycles. The summed E-state index contributed by atoms with van der Waals surface area (Å²) in [5.74, 6) is 1.81. The van der Waals surface area contributed by atoms with Crippen molar-refractivity contribution in [2.75, 3.05) is 6.61 Å². The Morgan fingerprint density at radius 2 is 1.68 bits per heavy atom. The Bertz CT molecular complexity index is 514. The van der Waals surface area contributed by atoms with E-state index in [2.05, 4.69) is 59.8 Å². The van der Waals surface area contributed by atoms with Crippen LogP contribution in [0.4, 0.5) is 0 Å². The molecule has 3 aliphatic rings. The van der Waals surface area contributed by atoms with Gasteiger partial charge in [0.1, 0.15) is 12.4 Å². The normalized spacial score (nSPS) is 27.6. The first kappa shape index (κ1) is 16.1. The fourth-order valence-electron chi connectivity index (χ4n) is 6.08. The van der Waals surface area contributed by atoms with Crippen molar-refractivity contribution in [1.82, 2.24) is 0 Å². The lowest BCUT2D eigenvalue weighted by Gasteiger charge is -2.57. The minimum atomic E-state index is -1.39. The Kier molecular flexibility index (Phi) is 4.18. The number of ether oxygens (including phenoxy) is 1. The molecule has 22 heavy (non-hydrogen) atoms. The zero-order valence-corrected chi connectivity index (χ0v) is 16.1. The topological polar surface area (TPSA) is 9.23 Å². The summed E-state index contributed by atoms with van der Waals surface area (Å²) in [6.45, 7) is 15.9. The molecule has 1 nitrogen and oxygen atoms in total. The summed E-state index contributed by atoms with van der Waals surface area (Å²) >= 11 is 0. The van der Waals surface area contributed by atoms with E-state index in [1.165, 1.54) is 12.2 Å². The predicted molar refractivity (Wildman–Crippen MR) is 97.7 cm³/mol. The summed E-state index contributed by atoms with van der Waals surface area (Å²) in [4.78, 5) is 0. The van der Waals surface area contributed by atoms with Gasteiger partial charge in [-0.05, 0) is 30.0 Å². The number of hydrogen-bond donors (Lipinski definition) is 0. The lowest BCUT2D eigenvalue weighted by molar-refractivity contribution is 0.173. The summed E-state index contributed by atoms with van der Waals surface area (Å²) in [6.07, 6.45) is 9.18. The molecule has 0 aromatic carbocycles. The average molecular weight is 317 g/mol. The third kappa shape index (κ3) is 2.10. The van der Waals surface area contributed by atoms with E-state index >= 15 is 0 Å². The Morgan fingerprint density at radius 3 is 2.27 bits per heavy atom. The molecular formula is C20H32OSi. The Labute approximate surface area is 137 Å². The Hall–Kier alpha value is -0.763. The molecule has 0 spiro atoms. The van der Waals surface area contributed by atoms with Crippen molar-refractivity contribution >= 4 is 8.07 Å². The minimum absolute atomic E-state index is 0.565. The van der Waals surface area contributed by atoms with Crippen LogP contribution in [0.15, 0.2) is 35.1 Å². The van der Waals surface area contributed by atoms with E-state index in [-0.39, 0.29) is 0 Å². The second-order valence-corrected chi connectivity index (χ2v) is 14.5. The van der Waals surface area contributed by atoms with Gasteiger partial charge in [0.05, 0.1) is 8.07 Å². The average Bonchev–Trinajstić information content (AvgIpc) is 2.42. The maximum Gasteiger partial charge on any atom is 0.109 e. The molecule has 0 aromatic rings. The highest BCUT2D eigenvalue weighted by Gasteiger charge is 2.56. The van der Waals surface area contributed by atoms with Crippen molar-refractivity contribution in [2.45, 2.75) is 76.5 Å². The van der Waals surface area contributed by atoms with E-state index in [4.69, 9.17) is 4.74 Å². The maximum absolute atomic E-state index is 6.03. The Balaban J connectivity index is 2.01. The van der Waals surface area contributed by atoms with Crippen molar-refractivity contribution in [3.05, 3.63) is 35.1 Å². The summed E-state index contributed by atoms with van der Waals surface area (Å²) in [7, 11) is -1.39. The molecule has 2 unspecified atom stereocenters. The van der Waals surface area contributed by atoms with E-state index in [0.717, 1.165) is 35.2 Å². The van der Waals surface area contributed by atoms with Crippen LogP contribution in [0.2, 0.25) is 22.2 Å². The minimum Gasteiger partial charge on any atom is -0.493 e. The van der Waals surface area contributed by atoms with Gasteiger partial charge in [-0.15, -0.1) is 0 Å². The molecule has 0 saturated carbocycles. The molecule has 2 aliphatic carbocycles. The summed E-state index contributed by atoms with van der Waals surface area (Å²) in [5, 5.41) is 0. The fraction of sp³-hybridized carbons (Fsp3) is 0.700. The van der Waals surface area contributed by atoms with Crippen molar-refractivity contribution in [2.24, 2.45) is 5.92 Å². The molecule has 2 atom stereocenters. The number of allylic oxidation sites excluding steroid dienone is 4. The maximum atomic E-state index is 6.03. The molecule has 122 valence electrons. The smallest absolute Gasteiger partial charge is 0.109 e. The zero-order valence-electron chi connectivity index (χ0n) is 15.1. The molecule has 0 saturated heterocycles. The molecule has 0 bridgehead atoms. The molecule has 0 amide bonds. The van der Waals surface area contributed by atoms with E-state index in [0.29, 0.717) is 5.92 Å². The largest absolute Gasteiger partial charge is 0.493 e. The summed E-state index contributed by atoms with van der Waals surface area (Å²) in [6, 6.07) is 0. The van der Waals surface area contributed by atoms with Gasteiger partial charge in [0.2, 0.25) is 0 Å². The number of rotatable bonds is 4. The van der Waals surface area contributed by atoms with Crippen LogP contribution in [0.5, 0.6) is 0 Å². The van der Waals surface area contributed by atoms with Crippen LogP contribution in [-0.2, 0) is 4.74 Å². The zero-order chi connectivity index (χ0) is 16.1. The van der Waals surface area contributed by atoms with Crippen LogP contribution in [0, 0.1) is 5.92 Å². The number of fused-ring (bicyclic) bond motifs is 2. The highest BCUT2D eigenvalue weighted by molar-refractivity contribution is 6.85. The van der Waals surface area contributed by atoms with Gasteiger partial charge in [-0.3, -0.25) is 0 Å². The number of hydrogen-bond acceptors (Lipinski definition) is 1. The van der Waals surface area contributed by atoms with Crippen LogP contribution in [0.3, 0.4) is 0 Å². The van der Waals surface area contributed by atoms with Gasteiger partial charge in [0, 0.05) is 5.92 Å². The third-order valence-corrected chi connectivity index (χ3v) is 14.5. The molecule has 1 heterocycles. The standard InChI is InChI=1S/C20H32OSi/c1-13(2)22(14(3)4,15(5)6)19-11-16-12-21-18-10-8-7-9-17(18)20(16)19/h7-8,10,13-15,17,19H,9,11-12H2,1-6H3. The van der Waals surface area contributed by atoms with Crippen LogP contribution in [0.1, 0.15) is 54.4 Å². The molecule has 0 fully saturated rings. The van der Waals surface area contributed by atoms with Gasteiger partial charge >= 0.3 is 0 Å². The van der Waals surface area contributed by atoms with Gasteiger partial charge in [-0.25, -0.2) is 0 Å². The van der Waals surface area contributed by atoms with E-state index < -0.39 is 8.07 Å². The van der Waals surface area contributed by atoms with Gasteiger partial charge in [-0.1, -0.05) is 75.9 Å². The van der Waals surface area contributed by atoms with E-state index in [1.807, 2.05) is 5.57 Å². The molecule has 0 radical (unpaired) electrons. The van der Waals surface area contributed by atoms with Crippen LogP contribution >= 0.6 is 0 Å². The van der Waals surface area contributed by atoms with E-state index in [1.54, 1.807) is 5.57 Å². The van der Waals surface area contributed by atoms with Crippen LogP contribution in [-0.4, -0.2) is 14.7 Å². The summed E-state index contributed by atoms with van der Waals surface area (Å²) < 4.78 is 6.03. The first-order chi connectivity index (χ1) is 10.4. The van der Waals surface area contributed by atoms with Crippen molar-refractivity contribution in [1.29, 1.82) is 0 Å². The SMILES string of the molecule is CC(C)[Si](C(C)C)(C(C)C)C1CC2=C1C1CC=CC=C1OC2. The molecule has 0 aromatic heterocycles.